The number of aromatic nitrogens is 2. The highest BCUT2D eigenvalue weighted by Gasteiger charge is 2.40. The number of hydrogen-bond donors (Lipinski definition) is 1. The number of carbonyl (C=O) groups excluding carboxylic acids is 2. The van der Waals surface area contributed by atoms with Crippen LogP contribution in [0.5, 0.6) is 0 Å². The molecule has 31 heavy (non-hydrogen) atoms. The lowest BCUT2D eigenvalue weighted by atomic mass is 9.95. The lowest BCUT2D eigenvalue weighted by Gasteiger charge is -2.31. The zero-order valence-corrected chi connectivity index (χ0v) is 18.3. The van der Waals surface area contributed by atoms with Gasteiger partial charge in [0.25, 0.3) is 0 Å². The van der Waals surface area contributed by atoms with Crippen molar-refractivity contribution in [3.05, 3.63) is 29.2 Å². The molecule has 2 atom stereocenters. The van der Waals surface area contributed by atoms with Gasteiger partial charge in [-0.1, -0.05) is 6.08 Å². The van der Waals surface area contributed by atoms with Crippen LogP contribution < -0.4 is 5.32 Å². The Bertz CT molecular complexity index is 870. The monoisotopic (exact) mass is 442 g/mol. The van der Waals surface area contributed by atoms with Gasteiger partial charge in [0.05, 0.1) is 6.04 Å². The Morgan fingerprint density at radius 2 is 1.94 bits per heavy atom. The van der Waals surface area contributed by atoms with Crippen molar-refractivity contribution in [1.82, 2.24) is 20.0 Å². The second kappa shape index (κ2) is 8.55. The van der Waals surface area contributed by atoms with Crippen molar-refractivity contribution in [1.29, 1.82) is 0 Å². The molecule has 3 rings (SSSR count). The number of fused-ring (bicyclic) bond motifs is 1. The quantitative estimate of drug-likeness (QED) is 0.770. The topological polar surface area (TPSA) is 76.5 Å². The molecule has 1 aliphatic heterocycles. The first-order valence-corrected chi connectivity index (χ1v) is 10.5. The molecule has 0 radical (unpaired) electrons. The third-order valence-electron chi connectivity index (χ3n) is 5.39. The van der Waals surface area contributed by atoms with Crippen LogP contribution in [0.2, 0.25) is 0 Å². The van der Waals surface area contributed by atoms with E-state index in [4.69, 9.17) is 4.74 Å². The van der Waals surface area contributed by atoms with Crippen molar-refractivity contribution in [2.24, 2.45) is 0 Å². The summed E-state index contributed by atoms with van der Waals surface area (Å²) in [4.78, 5) is 26.5. The van der Waals surface area contributed by atoms with Crippen molar-refractivity contribution in [3.8, 4) is 0 Å². The van der Waals surface area contributed by atoms with E-state index in [9.17, 15) is 22.8 Å². The second-order valence-electron chi connectivity index (χ2n) is 9.07. The smallest absolute Gasteiger partial charge is 0.435 e. The van der Waals surface area contributed by atoms with Gasteiger partial charge in [0.15, 0.2) is 5.69 Å². The van der Waals surface area contributed by atoms with Crippen molar-refractivity contribution < 1.29 is 27.5 Å². The van der Waals surface area contributed by atoms with Crippen molar-refractivity contribution in [2.45, 2.75) is 90.2 Å². The van der Waals surface area contributed by atoms with E-state index < -0.39 is 35.5 Å². The Morgan fingerprint density at radius 1 is 1.26 bits per heavy atom. The SMILES string of the molecule is CC(NC(=O)Cn1nc(C(F)(F)F)c2c1CCCC2)C1CC=CN1C(=O)OC(C)(C)C. The van der Waals surface area contributed by atoms with E-state index in [0.29, 0.717) is 31.4 Å². The summed E-state index contributed by atoms with van der Waals surface area (Å²) in [7, 11) is 0. The Kier molecular flexibility index (Phi) is 6.38. The zero-order chi connectivity index (χ0) is 23.0. The van der Waals surface area contributed by atoms with Gasteiger partial charge in [-0.25, -0.2) is 4.79 Å². The maximum Gasteiger partial charge on any atom is 0.435 e. The van der Waals surface area contributed by atoms with Gasteiger partial charge in [0, 0.05) is 23.5 Å². The summed E-state index contributed by atoms with van der Waals surface area (Å²) in [5.41, 5.74) is -0.853. The van der Waals surface area contributed by atoms with Gasteiger partial charge in [-0.15, -0.1) is 0 Å². The molecular weight excluding hydrogens is 413 g/mol. The molecule has 1 aromatic rings. The van der Waals surface area contributed by atoms with Crippen LogP contribution in [0.4, 0.5) is 18.0 Å². The highest BCUT2D eigenvalue weighted by atomic mass is 19.4. The minimum Gasteiger partial charge on any atom is -0.443 e. The van der Waals surface area contributed by atoms with Gasteiger partial charge in [-0.2, -0.15) is 18.3 Å². The number of hydrogen-bond acceptors (Lipinski definition) is 4. The Morgan fingerprint density at radius 3 is 2.58 bits per heavy atom. The maximum atomic E-state index is 13.3. The molecule has 2 aliphatic rings. The Balaban J connectivity index is 1.67. The van der Waals surface area contributed by atoms with Crippen molar-refractivity contribution >= 4 is 12.0 Å². The molecule has 1 aromatic heterocycles. The van der Waals surface area contributed by atoms with Crippen LogP contribution in [-0.4, -0.2) is 44.4 Å². The molecule has 0 saturated heterocycles. The largest absolute Gasteiger partial charge is 0.443 e. The van der Waals surface area contributed by atoms with Gasteiger partial charge in [0.1, 0.15) is 12.1 Å². The first-order chi connectivity index (χ1) is 14.4. The maximum absolute atomic E-state index is 13.3. The lowest BCUT2D eigenvalue weighted by molar-refractivity contribution is -0.142. The van der Waals surface area contributed by atoms with E-state index >= 15 is 0 Å². The van der Waals surface area contributed by atoms with Gasteiger partial charge in [-0.05, 0) is 59.8 Å². The second-order valence-corrected chi connectivity index (χ2v) is 9.07. The molecule has 0 aromatic carbocycles. The summed E-state index contributed by atoms with van der Waals surface area (Å²) in [5.74, 6) is -0.451. The fourth-order valence-corrected chi connectivity index (χ4v) is 4.05. The van der Waals surface area contributed by atoms with E-state index in [-0.39, 0.29) is 18.2 Å². The molecule has 172 valence electrons. The molecule has 1 aliphatic carbocycles. The van der Waals surface area contributed by atoms with Crippen molar-refractivity contribution in [3.63, 3.8) is 0 Å². The van der Waals surface area contributed by atoms with Gasteiger partial charge < -0.3 is 10.1 Å². The van der Waals surface area contributed by atoms with Gasteiger partial charge in [-0.3, -0.25) is 14.4 Å². The summed E-state index contributed by atoms with van der Waals surface area (Å²) in [6.07, 6.45) is 1.17. The third kappa shape index (κ3) is 5.40. The average molecular weight is 442 g/mol. The van der Waals surface area contributed by atoms with E-state index in [0.717, 1.165) is 6.42 Å². The minimum atomic E-state index is -4.54. The number of rotatable bonds is 4. The first kappa shape index (κ1) is 23.1. The van der Waals surface area contributed by atoms with Crippen LogP contribution in [0.15, 0.2) is 12.3 Å². The van der Waals surface area contributed by atoms with Crippen molar-refractivity contribution in [2.75, 3.05) is 0 Å². The summed E-state index contributed by atoms with van der Waals surface area (Å²) < 4.78 is 46.6. The summed E-state index contributed by atoms with van der Waals surface area (Å²) in [5, 5.41) is 6.53. The van der Waals surface area contributed by atoms with Crippen LogP contribution in [0, 0.1) is 0 Å². The molecule has 1 N–H and O–H groups in total. The number of halogens is 3. The number of nitrogens with one attached hydrogen (secondary N) is 1. The standard InChI is InChI=1S/C21H29F3N4O3/c1-13(15-10-7-11-27(15)19(30)31-20(2,3)4)25-17(29)12-28-16-9-6-5-8-14(16)18(26-28)21(22,23)24/h7,11,13,15H,5-6,8-10,12H2,1-4H3,(H,25,29). The van der Waals surface area contributed by atoms with Crippen LogP contribution >= 0.6 is 0 Å². The number of nitrogens with zero attached hydrogens (tertiary/aromatic N) is 3. The summed E-state index contributed by atoms with van der Waals surface area (Å²) in [6.45, 7) is 6.77. The molecule has 2 amide bonds. The number of amides is 2. The molecule has 2 heterocycles. The number of carbonyl (C=O) groups is 2. The van der Waals surface area contributed by atoms with Crippen LogP contribution in [0.1, 0.15) is 63.9 Å². The molecule has 10 heteroatoms. The van der Waals surface area contributed by atoms with E-state index in [1.54, 1.807) is 33.9 Å². The third-order valence-corrected chi connectivity index (χ3v) is 5.39. The molecule has 0 saturated carbocycles. The molecule has 2 unspecified atom stereocenters. The van der Waals surface area contributed by atoms with Crippen LogP contribution in [0.3, 0.4) is 0 Å². The Labute approximate surface area is 179 Å². The minimum absolute atomic E-state index is 0.204. The summed E-state index contributed by atoms with van der Waals surface area (Å²) >= 11 is 0. The zero-order valence-electron chi connectivity index (χ0n) is 18.3. The fourth-order valence-electron chi connectivity index (χ4n) is 4.05. The van der Waals surface area contributed by atoms with Gasteiger partial charge in [0.2, 0.25) is 5.91 Å². The molecular formula is C21H29F3N4O3. The predicted molar refractivity (Wildman–Crippen MR) is 107 cm³/mol. The fraction of sp³-hybridized carbons (Fsp3) is 0.667. The molecule has 7 nitrogen and oxygen atoms in total. The van der Waals surface area contributed by atoms with E-state index in [2.05, 4.69) is 10.4 Å². The molecule has 0 bridgehead atoms. The molecule has 0 fully saturated rings. The van der Waals surface area contributed by atoms with E-state index in [1.165, 1.54) is 9.58 Å². The Hall–Kier alpha value is -2.52. The molecule has 0 spiro atoms. The van der Waals surface area contributed by atoms with Crippen LogP contribution in [-0.2, 0) is 35.1 Å². The van der Waals surface area contributed by atoms with Crippen LogP contribution in [0.25, 0.3) is 0 Å². The predicted octanol–water partition coefficient (Wildman–Crippen LogP) is 3.81. The number of ether oxygens (including phenoxy) is 1. The normalized spacial score (nSPS) is 19.8. The van der Waals surface area contributed by atoms with Gasteiger partial charge >= 0.3 is 12.3 Å². The first-order valence-electron chi connectivity index (χ1n) is 10.5. The van der Waals surface area contributed by atoms with E-state index in [1.807, 2.05) is 6.08 Å². The number of alkyl halides is 3. The lowest BCUT2D eigenvalue weighted by Crippen LogP contribution is -2.50. The highest BCUT2D eigenvalue weighted by molar-refractivity contribution is 5.76. The summed E-state index contributed by atoms with van der Waals surface area (Å²) in [6, 6.07) is -0.764. The average Bonchev–Trinajstić information content (AvgIpc) is 3.25. The highest BCUT2D eigenvalue weighted by Crippen LogP contribution is 2.35.